The van der Waals surface area contributed by atoms with Crippen LogP contribution in [0.15, 0.2) is 48.5 Å². The highest BCUT2D eigenvalue weighted by Gasteiger charge is 2.34. The molecular weight excluding hydrogens is 367 g/mol. The number of halogens is 2. The van der Waals surface area contributed by atoms with E-state index in [2.05, 4.69) is 40.5 Å². The molecule has 1 atom stereocenters. The first kappa shape index (κ1) is 19.2. The average molecular weight is 391 g/mol. The summed E-state index contributed by atoms with van der Waals surface area (Å²) in [6.45, 7) is 2.52. The number of hydrogen-bond donors (Lipinski definition) is 1. The topological polar surface area (TPSA) is 32.3 Å². The second kappa shape index (κ2) is 8.43. The minimum absolute atomic E-state index is 0. The Balaban J connectivity index is 0.00000196. The summed E-state index contributed by atoms with van der Waals surface area (Å²) in [6.07, 6.45) is 2.71. The van der Waals surface area contributed by atoms with E-state index in [-0.39, 0.29) is 24.4 Å². The predicted molar refractivity (Wildman–Crippen MR) is 108 cm³/mol. The Morgan fingerprint density at radius 2 is 1.77 bits per heavy atom. The molecule has 2 aromatic carbocycles. The van der Waals surface area contributed by atoms with E-state index in [1.54, 1.807) is 0 Å². The van der Waals surface area contributed by atoms with Gasteiger partial charge in [-0.05, 0) is 61.2 Å². The van der Waals surface area contributed by atoms with Gasteiger partial charge in [-0.1, -0.05) is 48.0 Å². The lowest BCUT2D eigenvalue weighted by Crippen LogP contribution is -2.44. The van der Waals surface area contributed by atoms with Crippen molar-refractivity contribution < 1.29 is 4.79 Å². The maximum Gasteiger partial charge on any atom is 0.226 e. The Labute approximate surface area is 166 Å². The summed E-state index contributed by atoms with van der Waals surface area (Å²) in [6, 6.07) is 16.6. The van der Waals surface area contributed by atoms with E-state index in [1.165, 1.54) is 16.7 Å². The molecule has 1 amide bonds. The molecule has 0 bridgehead atoms. The van der Waals surface area contributed by atoms with Gasteiger partial charge >= 0.3 is 0 Å². The summed E-state index contributed by atoms with van der Waals surface area (Å²) in [7, 11) is 0. The van der Waals surface area contributed by atoms with E-state index < -0.39 is 0 Å². The van der Waals surface area contributed by atoms with E-state index in [4.69, 9.17) is 11.6 Å². The Morgan fingerprint density at radius 3 is 2.50 bits per heavy atom. The molecule has 0 aliphatic carbocycles. The Morgan fingerprint density at radius 1 is 1.04 bits per heavy atom. The summed E-state index contributed by atoms with van der Waals surface area (Å²) in [5.41, 5.74) is 3.69. The fourth-order valence-corrected chi connectivity index (χ4v) is 4.26. The van der Waals surface area contributed by atoms with E-state index in [0.29, 0.717) is 12.5 Å². The second-order valence-electron chi connectivity index (χ2n) is 7.03. The van der Waals surface area contributed by atoms with Crippen molar-refractivity contribution in [1.29, 1.82) is 0 Å². The van der Waals surface area contributed by atoms with Crippen molar-refractivity contribution in [3.63, 3.8) is 0 Å². The summed E-state index contributed by atoms with van der Waals surface area (Å²) in [5.74, 6) is 0.425. The standard InChI is InChI=1S/C21H23ClN2O.ClH/c22-19-7-6-17-13-20(15-4-2-1-3-5-15)24(14-18(17)12-19)21(25)16-8-10-23-11-9-16;/h1-7,12,16,20,23H,8-11,13-14H2;1H. The molecule has 3 nitrogen and oxygen atoms in total. The van der Waals surface area contributed by atoms with E-state index in [1.807, 2.05) is 18.2 Å². The monoisotopic (exact) mass is 390 g/mol. The van der Waals surface area contributed by atoms with Gasteiger partial charge in [-0.2, -0.15) is 0 Å². The number of fused-ring (bicyclic) bond motifs is 1. The lowest BCUT2D eigenvalue weighted by atomic mass is 9.87. The normalized spacial score (nSPS) is 20.2. The van der Waals surface area contributed by atoms with Gasteiger partial charge in [0.25, 0.3) is 0 Å². The number of benzene rings is 2. The number of nitrogens with zero attached hydrogens (tertiary/aromatic N) is 1. The Bertz CT molecular complexity index is 760. The number of rotatable bonds is 2. The van der Waals surface area contributed by atoms with Crippen LogP contribution in [-0.4, -0.2) is 23.9 Å². The van der Waals surface area contributed by atoms with Gasteiger partial charge in [0.05, 0.1) is 6.04 Å². The maximum atomic E-state index is 13.3. The van der Waals surface area contributed by atoms with Gasteiger partial charge in [-0.3, -0.25) is 4.79 Å². The Kier molecular flexibility index (Phi) is 6.23. The molecule has 0 radical (unpaired) electrons. The van der Waals surface area contributed by atoms with E-state index in [0.717, 1.165) is 37.4 Å². The number of carbonyl (C=O) groups excluding carboxylic acids is 1. The molecule has 1 saturated heterocycles. The van der Waals surface area contributed by atoms with Crippen LogP contribution in [0.4, 0.5) is 0 Å². The van der Waals surface area contributed by atoms with Crippen LogP contribution in [-0.2, 0) is 17.8 Å². The molecule has 138 valence electrons. The first-order valence-corrected chi connectivity index (χ1v) is 9.43. The molecule has 2 aliphatic heterocycles. The van der Waals surface area contributed by atoms with Crippen LogP contribution < -0.4 is 5.32 Å². The third kappa shape index (κ3) is 3.90. The average Bonchev–Trinajstić information content (AvgIpc) is 2.67. The second-order valence-corrected chi connectivity index (χ2v) is 7.47. The molecule has 2 aliphatic rings. The molecule has 0 saturated carbocycles. The molecule has 1 fully saturated rings. The number of hydrogen-bond acceptors (Lipinski definition) is 2. The SMILES string of the molecule is Cl.O=C(C1CCNCC1)N1Cc2cc(Cl)ccc2CC1c1ccccc1. The van der Waals surface area contributed by atoms with Gasteiger partial charge in [0.15, 0.2) is 0 Å². The van der Waals surface area contributed by atoms with Gasteiger partial charge in [0.2, 0.25) is 5.91 Å². The lowest BCUT2D eigenvalue weighted by molar-refractivity contribution is -0.140. The van der Waals surface area contributed by atoms with Gasteiger partial charge in [0.1, 0.15) is 0 Å². The molecule has 2 heterocycles. The highest BCUT2D eigenvalue weighted by atomic mass is 35.5. The first-order valence-electron chi connectivity index (χ1n) is 9.06. The van der Waals surface area contributed by atoms with Crippen LogP contribution in [0.5, 0.6) is 0 Å². The van der Waals surface area contributed by atoms with Gasteiger partial charge in [-0.15, -0.1) is 12.4 Å². The molecule has 1 unspecified atom stereocenters. The van der Waals surface area contributed by atoms with Crippen molar-refractivity contribution in [3.05, 3.63) is 70.2 Å². The highest BCUT2D eigenvalue weighted by Crippen LogP contribution is 2.36. The number of nitrogens with one attached hydrogen (secondary N) is 1. The smallest absolute Gasteiger partial charge is 0.226 e. The molecular formula is C21H24Cl2N2O. The summed E-state index contributed by atoms with van der Waals surface area (Å²) < 4.78 is 0. The largest absolute Gasteiger partial charge is 0.331 e. The summed E-state index contributed by atoms with van der Waals surface area (Å²) in [4.78, 5) is 15.4. The lowest BCUT2D eigenvalue weighted by Gasteiger charge is -2.40. The van der Waals surface area contributed by atoms with Gasteiger partial charge in [-0.25, -0.2) is 0 Å². The zero-order chi connectivity index (χ0) is 17.2. The first-order chi connectivity index (χ1) is 12.2. The third-order valence-electron chi connectivity index (χ3n) is 5.45. The number of piperidine rings is 1. The van der Waals surface area contributed by atoms with Gasteiger partial charge in [0, 0.05) is 17.5 Å². The Hall–Kier alpha value is -1.55. The van der Waals surface area contributed by atoms with Crippen LogP contribution in [0.1, 0.15) is 35.6 Å². The maximum absolute atomic E-state index is 13.3. The van der Waals surface area contributed by atoms with Crippen LogP contribution in [0.2, 0.25) is 5.02 Å². The number of amides is 1. The molecule has 0 spiro atoms. The van der Waals surface area contributed by atoms with Crippen molar-refractivity contribution in [3.8, 4) is 0 Å². The molecule has 2 aromatic rings. The number of carbonyl (C=O) groups is 1. The fraction of sp³-hybridized carbons (Fsp3) is 0.381. The van der Waals surface area contributed by atoms with Crippen molar-refractivity contribution in [2.24, 2.45) is 5.92 Å². The quantitative estimate of drug-likeness (QED) is 0.824. The fourth-order valence-electron chi connectivity index (χ4n) is 4.06. The highest BCUT2D eigenvalue weighted by molar-refractivity contribution is 6.30. The summed E-state index contributed by atoms with van der Waals surface area (Å²) >= 11 is 6.19. The zero-order valence-electron chi connectivity index (χ0n) is 14.7. The van der Waals surface area contributed by atoms with Crippen LogP contribution in [0, 0.1) is 5.92 Å². The third-order valence-corrected chi connectivity index (χ3v) is 5.69. The minimum Gasteiger partial charge on any atom is -0.331 e. The minimum atomic E-state index is 0. The molecule has 4 rings (SSSR count). The van der Waals surface area contributed by atoms with Crippen molar-refractivity contribution in [2.75, 3.05) is 13.1 Å². The van der Waals surface area contributed by atoms with Crippen molar-refractivity contribution >= 4 is 29.9 Å². The summed E-state index contributed by atoms with van der Waals surface area (Å²) in [5, 5.41) is 4.09. The van der Waals surface area contributed by atoms with Crippen molar-refractivity contribution in [1.82, 2.24) is 10.2 Å². The van der Waals surface area contributed by atoms with Crippen LogP contribution >= 0.6 is 24.0 Å². The molecule has 5 heteroatoms. The molecule has 0 aromatic heterocycles. The molecule has 26 heavy (non-hydrogen) atoms. The van der Waals surface area contributed by atoms with Crippen LogP contribution in [0.3, 0.4) is 0 Å². The van der Waals surface area contributed by atoms with E-state index in [9.17, 15) is 4.79 Å². The van der Waals surface area contributed by atoms with Crippen LogP contribution in [0.25, 0.3) is 0 Å². The van der Waals surface area contributed by atoms with Crippen molar-refractivity contribution in [2.45, 2.75) is 31.8 Å². The zero-order valence-corrected chi connectivity index (χ0v) is 16.2. The molecule has 1 N–H and O–H groups in total. The predicted octanol–water partition coefficient (Wildman–Crippen LogP) is 4.39. The van der Waals surface area contributed by atoms with Gasteiger partial charge < -0.3 is 10.2 Å². The van der Waals surface area contributed by atoms with E-state index >= 15 is 0 Å².